The molecule has 5 heteroatoms. The van der Waals surface area contributed by atoms with Crippen LogP contribution in [0.1, 0.15) is 17.5 Å². The number of rotatable bonds is 8. The summed E-state index contributed by atoms with van der Waals surface area (Å²) >= 11 is 5.82. The fraction of sp³-hybridized carbons (Fsp3) is 0.263. The zero-order valence-corrected chi connectivity index (χ0v) is 14.2. The molecule has 0 atom stereocenters. The van der Waals surface area contributed by atoms with Crippen LogP contribution in [-0.4, -0.2) is 24.9 Å². The predicted octanol–water partition coefficient (Wildman–Crippen LogP) is 2.75. The first kappa shape index (κ1) is 18.0. The molecule has 0 saturated heterocycles. The summed E-state index contributed by atoms with van der Waals surface area (Å²) in [5.74, 6) is -0.518. The molecule has 2 aromatic rings. The van der Waals surface area contributed by atoms with Gasteiger partial charge in [0.25, 0.3) is 0 Å². The fourth-order valence-corrected chi connectivity index (χ4v) is 2.39. The number of nitrogens with one attached hydrogen (secondary N) is 2. The molecule has 2 N–H and O–H groups in total. The Bertz CT molecular complexity index is 657. The number of hydrogen-bond acceptors (Lipinski definition) is 2. The first-order chi connectivity index (χ1) is 11.6. The predicted molar refractivity (Wildman–Crippen MR) is 95.9 cm³/mol. The summed E-state index contributed by atoms with van der Waals surface area (Å²) in [4.78, 5) is 23.5. The summed E-state index contributed by atoms with van der Waals surface area (Å²) in [7, 11) is 0. The number of hydrogen-bond donors (Lipinski definition) is 2. The van der Waals surface area contributed by atoms with Gasteiger partial charge in [0.05, 0.1) is 0 Å². The molecule has 0 aromatic heterocycles. The molecule has 2 rings (SSSR count). The Morgan fingerprint density at radius 3 is 1.79 bits per heavy atom. The highest BCUT2D eigenvalue weighted by Gasteiger charge is 2.08. The summed E-state index contributed by atoms with van der Waals surface area (Å²) in [5.41, 5.74) is 2.25. The van der Waals surface area contributed by atoms with E-state index in [4.69, 9.17) is 11.6 Å². The lowest BCUT2D eigenvalue weighted by Crippen LogP contribution is -2.33. The first-order valence-electron chi connectivity index (χ1n) is 7.95. The average molecular weight is 345 g/mol. The molecule has 2 amide bonds. The van der Waals surface area contributed by atoms with Crippen molar-refractivity contribution < 1.29 is 9.59 Å². The van der Waals surface area contributed by atoms with Crippen molar-refractivity contribution in [2.75, 3.05) is 13.1 Å². The van der Waals surface area contributed by atoms with E-state index in [1.165, 1.54) is 0 Å². The molecule has 2 aromatic carbocycles. The van der Waals surface area contributed by atoms with Gasteiger partial charge in [-0.1, -0.05) is 54.1 Å². The Kier molecular flexibility index (Phi) is 7.30. The van der Waals surface area contributed by atoms with E-state index in [1.807, 2.05) is 54.6 Å². The van der Waals surface area contributed by atoms with Gasteiger partial charge in [0.2, 0.25) is 11.8 Å². The summed E-state index contributed by atoms with van der Waals surface area (Å²) in [6.45, 7) is 1.03. The number of carbonyl (C=O) groups excluding carboxylic acids is 2. The second kappa shape index (κ2) is 9.73. The van der Waals surface area contributed by atoms with Crippen molar-refractivity contribution in [2.45, 2.75) is 19.3 Å². The van der Waals surface area contributed by atoms with Gasteiger partial charge in [-0.05, 0) is 36.1 Å². The molecule has 126 valence electrons. The fourth-order valence-electron chi connectivity index (χ4n) is 2.26. The maximum absolute atomic E-state index is 11.7. The molecule has 0 aliphatic heterocycles. The zero-order valence-electron chi connectivity index (χ0n) is 13.4. The van der Waals surface area contributed by atoms with Gasteiger partial charge >= 0.3 is 0 Å². The number of carbonyl (C=O) groups is 2. The number of halogens is 1. The largest absolute Gasteiger partial charge is 0.355 e. The smallest absolute Gasteiger partial charge is 0.229 e. The zero-order chi connectivity index (χ0) is 17.2. The van der Waals surface area contributed by atoms with Gasteiger partial charge in [-0.15, -0.1) is 0 Å². The minimum Gasteiger partial charge on any atom is -0.355 e. The molecule has 0 unspecified atom stereocenters. The van der Waals surface area contributed by atoms with E-state index < -0.39 is 0 Å². The lowest BCUT2D eigenvalue weighted by molar-refractivity contribution is -0.129. The van der Waals surface area contributed by atoms with Crippen molar-refractivity contribution in [1.29, 1.82) is 0 Å². The van der Waals surface area contributed by atoms with Crippen LogP contribution < -0.4 is 10.6 Å². The Labute approximate surface area is 147 Å². The van der Waals surface area contributed by atoms with E-state index in [0.29, 0.717) is 24.5 Å². The minimum atomic E-state index is -0.263. The van der Waals surface area contributed by atoms with Crippen molar-refractivity contribution in [1.82, 2.24) is 10.6 Å². The molecule has 0 aliphatic rings. The molecule has 0 spiro atoms. The second-order valence-corrected chi connectivity index (χ2v) is 5.93. The van der Waals surface area contributed by atoms with Crippen LogP contribution in [0, 0.1) is 0 Å². The molecule has 0 aliphatic carbocycles. The van der Waals surface area contributed by atoms with E-state index in [9.17, 15) is 9.59 Å². The Morgan fingerprint density at radius 2 is 1.25 bits per heavy atom. The molecule has 0 fully saturated rings. The maximum Gasteiger partial charge on any atom is 0.229 e. The van der Waals surface area contributed by atoms with Crippen LogP contribution in [0.4, 0.5) is 0 Å². The third-order valence-electron chi connectivity index (χ3n) is 3.55. The maximum atomic E-state index is 11.7. The van der Waals surface area contributed by atoms with Crippen LogP contribution >= 0.6 is 11.6 Å². The molecule has 4 nitrogen and oxygen atoms in total. The molecular formula is C19H21ClN2O2. The summed E-state index contributed by atoms with van der Waals surface area (Å²) < 4.78 is 0. The van der Waals surface area contributed by atoms with Gasteiger partial charge in [-0.2, -0.15) is 0 Å². The van der Waals surface area contributed by atoms with E-state index in [-0.39, 0.29) is 18.2 Å². The minimum absolute atomic E-state index is 0.143. The highest BCUT2D eigenvalue weighted by molar-refractivity contribution is 6.30. The summed E-state index contributed by atoms with van der Waals surface area (Å²) in [6, 6.07) is 17.4. The van der Waals surface area contributed by atoms with Gasteiger partial charge < -0.3 is 10.6 Å². The second-order valence-electron chi connectivity index (χ2n) is 5.49. The molecule has 24 heavy (non-hydrogen) atoms. The molecule has 0 bridgehead atoms. The number of benzene rings is 2. The van der Waals surface area contributed by atoms with Crippen molar-refractivity contribution in [3.8, 4) is 0 Å². The topological polar surface area (TPSA) is 58.2 Å². The van der Waals surface area contributed by atoms with Crippen molar-refractivity contribution in [3.63, 3.8) is 0 Å². The van der Waals surface area contributed by atoms with Crippen LogP contribution in [0.25, 0.3) is 0 Å². The van der Waals surface area contributed by atoms with Crippen LogP contribution in [0.15, 0.2) is 54.6 Å². The quantitative estimate of drug-likeness (QED) is 0.723. The van der Waals surface area contributed by atoms with E-state index >= 15 is 0 Å². The van der Waals surface area contributed by atoms with Crippen LogP contribution in [0.3, 0.4) is 0 Å². The molecule has 0 heterocycles. The van der Waals surface area contributed by atoms with Gasteiger partial charge in [0, 0.05) is 18.1 Å². The molecule has 0 radical (unpaired) electrons. The average Bonchev–Trinajstić information content (AvgIpc) is 2.57. The first-order valence-corrected chi connectivity index (χ1v) is 8.33. The molecular weight excluding hydrogens is 324 g/mol. The van der Waals surface area contributed by atoms with Crippen molar-refractivity contribution in [3.05, 3.63) is 70.7 Å². The van der Waals surface area contributed by atoms with Gasteiger partial charge in [0.15, 0.2) is 0 Å². The standard InChI is InChI=1S/C19H21ClN2O2/c20-17-8-6-16(7-9-17)11-13-22-19(24)14-18(23)21-12-10-15-4-2-1-3-5-15/h1-9H,10-14H2,(H,21,23)(H,22,24). The van der Waals surface area contributed by atoms with Gasteiger partial charge in [-0.25, -0.2) is 0 Å². The van der Waals surface area contributed by atoms with Gasteiger partial charge in [0.1, 0.15) is 6.42 Å². The van der Waals surface area contributed by atoms with Crippen molar-refractivity contribution >= 4 is 23.4 Å². The van der Waals surface area contributed by atoms with Crippen LogP contribution in [-0.2, 0) is 22.4 Å². The number of amides is 2. The van der Waals surface area contributed by atoms with E-state index in [0.717, 1.165) is 17.5 Å². The monoisotopic (exact) mass is 344 g/mol. The van der Waals surface area contributed by atoms with E-state index in [1.54, 1.807) is 0 Å². The lowest BCUT2D eigenvalue weighted by atomic mass is 10.1. The lowest BCUT2D eigenvalue weighted by Gasteiger charge is -2.07. The SMILES string of the molecule is O=C(CC(=O)NCCc1ccc(Cl)cc1)NCCc1ccccc1. The third-order valence-corrected chi connectivity index (χ3v) is 3.80. The Morgan fingerprint density at radius 1 is 0.750 bits per heavy atom. The molecule has 0 saturated carbocycles. The Hall–Kier alpha value is -2.33. The highest BCUT2D eigenvalue weighted by Crippen LogP contribution is 2.09. The normalized spacial score (nSPS) is 10.2. The van der Waals surface area contributed by atoms with Gasteiger partial charge in [-0.3, -0.25) is 9.59 Å². The van der Waals surface area contributed by atoms with Crippen LogP contribution in [0.2, 0.25) is 5.02 Å². The highest BCUT2D eigenvalue weighted by atomic mass is 35.5. The third kappa shape index (κ3) is 6.84. The van der Waals surface area contributed by atoms with Crippen molar-refractivity contribution in [2.24, 2.45) is 0 Å². The van der Waals surface area contributed by atoms with Crippen LogP contribution in [0.5, 0.6) is 0 Å². The Balaban J connectivity index is 1.59. The summed E-state index contributed by atoms with van der Waals surface area (Å²) in [5, 5.41) is 6.20. The van der Waals surface area contributed by atoms with E-state index in [2.05, 4.69) is 10.6 Å². The summed E-state index contributed by atoms with van der Waals surface area (Å²) in [6.07, 6.45) is 1.32.